The van der Waals surface area contributed by atoms with E-state index in [1.54, 1.807) is 0 Å². The second-order valence-corrected chi connectivity index (χ2v) is 9.73. The summed E-state index contributed by atoms with van der Waals surface area (Å²) in [6, 6.07) is 28.5. The van der Waals surface area contributed by atoms with E-state index in [2.05, 4.69) is 61.5 Å². The van der Waals surface area contributed by atoms with Crippen molar-refractivity contribution in [2.75, 3.05) is 28.7 Å². The Labute approximate surface area is 242 Å². The van der Waals surface area contributed by atoms with Crippen molar-refractivity contribution in [2.45, 2.75) is 26.2 Å². The first kappa shape index (κ1) is 27.4. The number of hydrogen-bond acceptors (Lipinski definition) is 4. The third-order valence-corrected chi connectivity index (χ3v) is 7.14. The number of hydrogen-bond donors (Lipinski definition) is 1. The molecule has 2 heterocycles. The molecular weight excluding hydrogens is 583 g/mol. The first-order valence-electron chi connectivity index (χ1n) is 12.7. The maximum absolute atomic E-state index is 13.7. The van der Waals surface area contributed by atoms with Gasteiger partial charge in [0, 0.05) is 41.8 Å². The molecule has 0 atom stereocenters. The van der Waals surface area contributed by atoms with Gasteiger partial charge in [-0.1, -0.05) is 68.4 Å². The number of likely N-dealkylation sites (N-methyl/N-ethyl adjacent to an activating group) is 2. The lowest BCUT2D eigenvalue weighted by Gasteiger charge is -2.23. The van der Waals surface area contributed by atoms with Crippen LogP contribution < -0.4 is 39.1 Å². The highest BCUT2D eigenvalue weighted by Gasteiger charge is 2.43. The van der Waals surface area contributed by atoms with Gasteiger partial charge in [-0.25, -0.2) is 4.79 Å². The summed E-state index contributed by atoms with van der Waals surface area (Å²) in [6.45, 7) is 7.04. The lowest BCUT2D eigenvalue weighted by molar-refractivity contribution is -0.436. The van der Waals surface area contributed by atoms with Crippen LogP contribution in [0, 0.1) is 0 Å². The Bertz CT molecular complexity index is 1440. The Balaban J connectivity index is 0.00000336. The van der Waals surface area contributed by atoms with Crippen LogP contribution in [0.3, 0.4) is 0 Å². The van der Waals surface area contributed by atoms with Crippen LogP contribution in [0.5, 0.6) is 0 Å². The Morgan fingerprint density at radius 3 is 2.18 bits per heavy atom. The van der Waals surface area contributed by atoms with Crippen molar-refractivity contribution in [3.8, 4) is 0 Å². The van der Waals surface area contributed by atoms with Crippen LogP contribution >= 0.6 is 0 Å². The van der Waals surface area contributed by atoms with Gasteiger partial charge in [-0.15, -0.1) is 0 Å². The van der Waals surface area contributed by atoms with Crippen LogP contribution in [0.15, 0.2) is 121 Å². The smallest absolute Gasteiger partial charge is 0.381 e. The number of rotatable bonds is 6. The van der Waals surface area contributed by atoms with Crippen LogP contribution in [0.2, 0.25) is 0 Å². The maximum atomic E-state index is 13.7. The number of nitrogens with zero attached hydrogens (tertiary/aromatic N) is 3. The zero-order valence-electron chi connectivity index (χ0n) is 22.2. The van der Waals surface area contributed by atoms with E-state index in [9.17, 15) is 4.79 Å². The second-order valence-electron chi connectivity index (χ2n) is 9.73. The molecule has 0 saturated heterocycles. The molecule has 5 rings (SSSR count). The number of amides is 1. The van der Waals surface area contributed by atoms with Crippen molar-refractivity contribution in [3.63, 3.8) is 0 Å². The minimum atomic E-state index is -0.169. The molecule has 0 bridgehead atoms. The number of nitrogens with one attached hydrogen (secondary N) is 1. The summed E-state index contributed by atoms with van der Waals surface area (Å²) < 4.78 is 1.82. The average Bonchev–Trinajstić information content (AvgIpc) is 3.30. The van der Waals surface area contributed by atoms with E-state index in [4.69, 9.17) is 0 Å². The predicted octanol–water partition coefficient (Wildman–Crippen LogP) is 3.29. The molecular formula is C32H33IN4O. The molecule has 1 amide bonds. The molecule has 38 heavy (non-hydrogen) atoms. The van der Waals surface area contributed by atoms with Crippen LogP contribution in [0.1, 0.15) is 26.3 Å². The first-order chi connectivity index (χ1) is 17.9. The van der Waals surface area contributed by atoms with Crippen LogP contribution in [-0.2, 0) is 10.2 Å². The summed E-state index contributed by atoms with van der Waals surface area (Å²) in [4.78, 5) is 18.0. The summed E-state index contributed by atoms with van der Waals surface area (Å²) >= 11 is 0. The van der Waals surface area contributed by atoms with Crippen molar-refractivity contribution in [1.29, 1.82) is 0 Å². The molecule has 3 aromatic rings. The van der Waals surface area contributed by atoms with Gasteiger partial charge in [0.1, 0.15) is 5.69 Å². The lowest BCUT2D eigenvalue weighted by Crippen LogP contribution is -3.00. The van der Waals surface area contributed by atoms with Crippen molar-refractivity contribution >= 4 is 28.8 Å². The average molecular weight is 617 g/mol. The molecule has 0 spiro atoms. The largest absolute Gasteiger partial charge is 1.00 e. The fraction of sp³-hybridized carbons (Fsp3) is 0.188. The number of carbonyl (C=O) groups is 1. The zero-order valence-corrected chi connectivity index (χ0v) is 24.4. The number of anilines is 3. The molecule has 0 saturated carbocycles. The molecule has 0 radical (unpaired) electrons. The van der Waals surface area contributed by atoms with E-state index in [0.29, 0.717) is 12.2 Å². The highest BCUT2D eigenvalue weighted by Crippen LogP contribution is 2.46. The van der Waals surface area contributed by atoms with Crippen LogP contribution in [-0.4, -0.2) is 29.9 Å². The van der Waals surface area contributed by atoms with Gasteiger partial charge in [0.2, 0.25) is 5.70 Å². The molecule has 2 aliphatic rings. The molecule has 194 valence electrons. The number of para-hydroxylation sites is 3. The van der Waals surface area contributed by atoms with E-state index in [1.807, 2.05) is 95.4 Å². The van der Waals surface area contributed by atoms with Gasteiger partial charge < -0.3 is 34.2 Å². The van der Waals surface area contributed by atoms with Gasteiger partial charge in [-0.05, 0) is 55.0 Å². The number of halogens is 1. The maximum Gasteiger partial charge on any atom is 0.381 e. The van der Waals surface area contributed by atoms with E-state index < -0.39 is 0 Å². The summed E-state index contributed by atoms with van der Waals surface area (Å²) in [5.74, 6) is 0.799. The fourth-order valence-corrected chi connectivity index (χ4v) is 5.25. The van der Waals surface area contributed by atoms with Gasteiger partial charge in [-0.2, -0.15) is 9.48 Å². The number of fused-ring (bicyclic) bond motifs is 1. The quantitative estimate of drug-likeness (QED) is 0.262. The summed E-state index contributed by atoms with van der Waals surface area (Å²) in [7, 11) is 2.09. The summed E-state index contributed by atoms with van der Waals surface area (Å²) in [5.41, 5.74) is 6.03. The third kappa shape index (κ3) is 4.92. The molecule has 0 fully saturated rings. The van der Waals surface area contributed by atoms with Crippen molar-refractivity contribution < 1.29 is 33.3 Å². The summed E-state index contributed by atoms with van der Waals surface area (Å²) in [6.07, 6.45) is 7.94. The Morgan fingerprint density at radius 2 is 1.53 bits per heavy atom. The van der Waals surface area contributed by atoms with Crippen LogP contribution in [0.4, 0.5) is 17.1 Å². The number of amidine groups is 1. The highest BCUT2D eigenvalue weighted by atomic mass is 127. The van der Waals surface area contributed by atoms with E-state index in [1.165, 1.54) is 11.3 Å². The number of carbonyl (C=O) groups excluding carboxylic acids is 1. The SMILES string of the molecule is CC[N+]1=C(C=CNc2ccccc2)N(c2ccccc2)C(=CC=C2N(C)c3ccccc3C2(C)C)C1=O.[I-]. The topological polar surface area (TPSA) is 38.6 Å². The van der Waals surface area contributed by atoms with Crippen molar-refractivity contribution in [1.82, 2.24) is 0 Å². The van der Waals surface area contributed by atoms with E-state index in [-0.39, 0.29) is 35.3 Å². The molecule has 0 aliphatic carbocycles. The highest BCUT2D eigenvalue weighted by molar-refractivity contribution is 6.17. The van der Waals surface area contributed by atoms with Gasteiger partial charge >= 0.3 is 5.91 Å². The molecule has 1 N–H and O–H groups in total. The molecule has 3 aromatic carbocycles. The first-order valence-corrected chi connectivity index (χ1v) is 12.7. The lowest BCUT2D eigenvalue weighted by atomic mass is 9.84. The predicted molar refractivity (Wildman–Crippen MR) is 153 cm³/mol. The second kappa shape index (κ2) is 11.4. The van der Waals surface area contributed by atoms with E-state index >= 15 is 0 Å². The third-order valence-electron chi connectivity index (χ3n) is 7.14. The fourth-order valence-electron chi connectivity index (χ4n) is 5.25. The monoisotopic (exact) mass is 616 g/mol. The number of benzene rings is 3. The van der Waals surface area contributed by atoms with Gasteiger partial charge in [0.25, 0.3) is 5.84 Å². The normalized spacial score (nSPS) is 18.5. The van der Waals surface area contributed by atoms with Crippen LogP contribution in [0.25, 0.3) is 0 Å². The Morgan fingerprint density at radius 1 is 0.895 bits per heavy atom. The molecule has 6 heteroatoms. The number of allylic oxidation sites excluding steroid dienone is 3. The van der Waals surface area contributed by atoms with Gasteiger partial charge in [-0.3, -0.25) is 0 Å². The van der Waals surface area contributed by atoms with Gasteiger partial charge in [0.05, 0.1) is 6.54 Å². The van der Waals surface area contributed by atoms with Crippen molar-refractivity contribution in [3.05, 3.63) is 126 Å². The minimum Gasteiger partial charge on any atom is -1.00 e. The molecule has 5 nitrogen and oxygen atoms in total. The van der Waals surface area contributed by atoms with Gasteiger partial charge in [0.15, 0.2) is 0 Å². The molecule has 0 aromatic heterocycles. The molecule has 2 aliphatic heterocycles. The zero-order chi connectivity index (χ0) is 26.0. The Kier molecular flexibility index (Phi) is 8.21. The van der Waals surface area contributed by atoms with E-state index in [0.717, 1.165) is 22.9 Å². The summed E-state index contributed by atoms with van der Waals surface area (Å²) in [5, 5.41) is 3.32. The standard InChI is InChI=1S/C32H32N4O.HI/c1-5-35-30(22-23-33-24-14-8-6-9-15-24)36(25-16-10-7-11-17-25)28(31(35)37)20-21-29-32(2,3)26-18-12-13-19-27(26)34(29)4;/h6-23H,5H2,1-4H3;1H. The Hall–Kier alpha value is -3.65. The van der Waals surface area contributed by atoms with Crippen molar-refractivity contribution in [2.24, 2.45) is 0 Å². The molecule has 0 unspecified atom stereocenters. The minimum absolute atomic E-state index is 0.